The topological polar surface area (TPSA) is 66.5 Å². The molecule has 1 aliphatic heterocycles. The van der Waals surface area contributed by atoms with E-state index in [0.717, 1.165) is 5.69 Å². The van der Waals surface area contributed by atoms with Gasteiger partial charge in [0.15, 0.2) is 6.29 Å². The molecule has 1 aliphatic rings. The van der Waals surface area contributed by atoms with Crippen molar-refractivity contribution in [3.8, 4) is 0 Å². The van der Waals surface area contributed by atoms with Crippen LogP contribution in [0, 0.1) is 5.82 Å². The van der Waals surface area contributed by atoms with Crippen LogP contribution in [0.1, 0.15) is 39.7 Å². The van der Waals surface area contributed by atoms with Gasteiger partial charge in [-0.1, -0.05) is 12.1 Å². The van der Waals surface area contributed by atoms with E-state index < -0.39 is 41.6 Å². The summed E-state index contributed by atoms with van der Waals surface area (Å²) in [5.74, 6) is -0.445. The standard InChI is InChI=1S/C26H28F7N5O2/c1-37(2)14-21-22(35-36-34-21)15-38-8-10-40-24(23(38)17-3-5-20(27)6-4-17)39-9-7-16-11-18(25(28,29)30)13-19(12-16)26(31,32)33/h3-6,11-13,23-24H,7-10,14-15H2,1-2H3,(H,34,35,36). The van der Waals surface area contributed by atoms with Crippen LogP contribution in [-0.4, -0.2) is 65.4 Å². The van der Waals surface area contributed by atoms with Crippen LogP contribution in [0.5, 0.6) is 0 Å². The molecule has 1 fully saturated rings. The summed E-state index contributed by atoms with van der Waals surface area (Å²) < 4.78 is 105. The van der Waals surface area contributed by atoms with Crippen LogP contribution in [0.2, 0.25) is 0 Å². The molecule has 0 saturated carbocycles. The second-order valence-corrected chi connectivity index (χ2v) is 9.70. The minimum Gasteiger partial charge on any atom is -0.350 e. The molecule has 14 heteroatoms. The van der Waals surface area contributed by atoms with E-state index in [1.807, 2.05) is 23.9 Å². The fourth-order valence-electron chi connectivity index (χ4n) is 4.51. The van der Waals surface area contributed by atoms with E-state index in [1.165, 1.54) is 12.1 Å². The van der Waals surface area contributed by atoms with Crippen molar-refractivity contribution < 1.29 is 40.2 Å². The third-order valence-corrected chi connectivity index (χ3v) is 6.37. The van der Waals surface area contributed by atoms with E-state index in [-0.39, 0.29) is 31.3 Å². The van der Waals surface area contributed by atoms with E-state index >= 15 is 0 Å². The lowest BCUT2D eigenvalue weighted by molar-refractivity contribution is -0.212. The minimum atomic E-state index is -4.94. The number of aromatic nitrogens is 3. The van der Waals surface area contributed by atoms with Crippen molar-refractivity contribution in [2.75, 3.05) is 33.9 Å². The van der Waals surface area contributed by atoms with Gasteiger partial charge < -0.3 is 14.4 Å². The number of rotatable bonds is 9. The summed E-state index contributed by atoms with van der Waals surface area (Å²) in [6, 6.07) is 6.61. The highest BCUT2D eigenvalue weighted by molar-refractivity contribution is 5.33. The van der Waals surface area contributed by atoms with Gasteiger partial charge in [0.1, 0.15) is 17.2 Å². The lowest BCUT2D eigenvalue weighted by Crippen LogP contribution is -2.46. The zero-order valence-corrected chi connectivity index (χ0v) is 21.7. The van der Waals surface area contributed by atoms with E-state index in [0.29, 0.717) is 43.0 Å². The molecule has 1 saturated heterocycles. The fraction of sp³-hybridized carbons (Fsp3) is 0.462. The van der Waals surface area contributed by atoms with Crippen molar-refractivity contribution in [1.29, 1.82) is 0 Å². The van der Waals surface area contributed by atoms with E-state index in [9.17, 15) is 30.7 Å². The molecule has 2 aromatic carbocycles. The van der Waals surface area contributed by atoms with Crippen LogP contribution >= 0.6 is 0 Å². The number of nitrogens with one attached hydrogen (secondary N) is 1. The molecule has 2 heterocycles. The summed E-state index contributed by atoms with van der Waals surface area (Å²) in [7, 11) is 3.78. The Morgan fingerprint density at radius 1 is 0.975 bits per heavy atom. The van der Waals surface area contributed by atoms with Gasteiger partial charge in [-0.3, -0.25) is 4.90 Å². The average Bonchev–Trinajstić information content (AvgIpc) is 3.29. The average molecular weight is 576 g/mol. The Bertz CT molecular complexity index is 1230. The molecule has 1 N–H and O–H groups in total. The highest BCUT2D eigenvalue weighted by atomic mass is 19.4. The normalized spacial score (nSPS) is 18.9. The predicted octanol–water partition coefficient (Wildman–Crippen LogP) is 5.20. The van der Waals surface area contributed by atoms with Crippen LogP contribution in [0.4, 0.5) is 30.7 Å². The van der Waals surface area contributed by atoms with Gasteiger partial charge in [-0.2, -0.15) is 41.8 Å². The van der Waals surface area contributed by atoms with Crippen LogP contribution in [0.15, 0.2) is 42.5 Å². The third-order valence-electron chi connectivity index (χ3n) is 6.37. The Hall–Kier alpha value is -3.07. The number of hydrogen-bond acceptors (Lipinski definition) is 6. The van der Waals surface area contributed by atoms with Crippen molar-refractivity contribution >= 4 is 0 Å². The maximum Gasteiger partial charge on any atom is 0.416 e. The number of alkyl halides is 6. The fourth-order valence-corrected chi connectivity index (χ4v) is 4.51. The number of ether oxygens (including phenoxy) is 2. The Morgan fingerprint density at radius 2 is 1.60 bits per heavy atom. The summed E-state index contributed by atoms with van der Waals surface area (Å²) in [6.45, 7) is 1.36. The third kappa shape index (κ3) is 7.56. The Morgan fingerprint density at radius 3 is 2.20 bits per heavy atom. The number of nitrogens with zero attached hydrogens (tertiary/aromatic N) is 4. The molecule has 1 aromatic heterocycles. The Kier molecular flexibility index (Phi) is 9.12. The first kappa shape index (κ1) is 29.9. The van der Waals surface area contributed by atoms with Gasteiger partial charge in [-0.15, -0.1) is 0 Å². The molecule has 0 spiro atoms. The van der Waals surface area contributed by atoms with Gasteiger partial charge in [-0.25, -0.2) is 4.39 Å². The Balaban J connectivity index is 1.54. The molecule has 2 unspecified atom stereocenters. The monoisotopic (exact) mass is 575 g/mol. The molecule has 7 nitrogen and oxygen atoms in total. The summed E-state index contributed by atoms with van der Waals surface area (Å²) in [5.41, 5.74) is -0.876. The minimum absolute atomic E-state index is 0.0888. The molecule has 0 radical (unpaired) electrons. The second kappa shape index (κ2) is 12.2. The van der Waals surface area contributed by atoms with Crippen LogP contribution < -0.4 is 0 Å². The van der Waals surface area contributed by atoms with Crippen molar-refractivity contribution in [2.24, 2.45) is 0 Å². The number of morpholine rings is 1. The maximum absolute atomic E-state index is 13.7. The first-order chi connectivity index (χ1) is 18.8. The van der Waals surface area contributed by atoms with Crippen LogP contribution in [-0.2, 0) is 41.3 Å². The molecule has 0 amide bonds. The number of halogens is 7. The largest absolute Gasteiger partial charge is 0.416 e. The van der Waals surface area contributed by atoms with Crippen molar-refractivity contribution in [1.82, 2.24) is 25.2 Å². The molecule has 40 heavy (non-hydrogen) atoms. The predicted molar refractivity (Wildman–Crippen MR) is 129 cm³/mol. The van der Waals surface area contributed by atoms with Gasteiger partial charge in [0.05, 0.1) is 30.4 Å². The van der Waals surface area contributed by atoms with E-state index in [4.69, 9.17) is 9.47 Å². The Labute approximate surface area is 225 Å². The van der Waals surface area contributed by atoms with Crippen LogP contribution in [0.3, 0.4) is 0 Å². The van der Waals surface area contributed by atoms with Gasteiger partial charge in [-0.05, 0) is 62.0 Å². The molecular weight excluding hydrogens is 547 g/mol. The summed E-state index contributed by atoms with van der Waals surface area (Å²) in [5, 5.41) is 11.1. The number of H-pyrrole nitrogens is 1. The number of hydrogen-bond donors (Lipinski definition) is 1. The summed E-state index contributed by atoms with van der Waals surface area (Å²) in [6.07, 6.45) is -11.0. The smallest absolute Gasteiger partial charge is 0.350 e. The first-order valence-electron chi connectivity index (χ1n) is 12.4. The molecule has 4 rings (SSSR count). The summed E-state index contributed by atoms with van der Waals surface area (Å²) in [4.78, 5) is 3.94. The van der Waals surface area contributed by atoms with Gasteiger partial charge >= 0.3 is 12.4 Å². The maximum atomic E-state index is 13.7. The van der Waals surface area contributed by atoms with Crippen molar-refractivity contribution in [2.45, 2.75) is 44.2 Å². The van der Waals surface area contributed by atoms with Gasteiger partial charge in [0.25, 0.3) is 0 Å². The number of aromatic amines is 1. The van der Waals surface area contributed by atoms with Gasteiger partial charge in [0, 0.05) is 19.6 Å². The SMILES string of the molecule is CN(C)Cc1n[nH]nc1CN1CCOC(OCCc2cc(C(F)(F)F)cc(C(F)(F)F)c2)C1c1ccc(F)cc1. The second-order valence-electron chi connectivity index (χ2n) is 9.70. The molecule has 2 atom stereocenters. The van der Waals surface area contributed by atoms with Gasteiger partial charge in [0.2, 0.25) is 0 Å². The summed E-state index contributed by atoms with van der Waals surface area (Å²) >= 11 is 0. The zero-order valence-electron chi connectivity index (χ0n) is 21.7. The lowest BCUT2D eigenvalue weighted by Gasteiger charge is -2.41. The van der Waals surface area contributed by atoms with E-state index in [1.54, 1.807) is 12.1 Å². The highest BCUT2D eigenvalue weighted by Gasteiger charge is 2.38. The zero-order chi connectivity index (χ0) is 29.1. The first-order valence-corrected chi connectivity index (χ1v) is 12.4. The molecule has 0 bridgehead atoms. The molecule has 0 aliphatic carbocycles. The molecular formula is C26H28F7N5O2. The molecule has 3 aromatic rings. The quantitative estimate of drug-likeness (QED) is 0.354. The highest BCUT2D eigenvalue weighted by Crippen LogP contribution is 2.37. The number of benzene rings is 2. The van der Waals surface area contributed by atoms with Crippen molar-refractivity contribution in [3.05, 3.63) is 81.9 Å². The van der Waals surface area contributed by atoms with Crippen LogP contribution in [0.25, 0.3) is 0 Å². The molecule has 218 valence electrons. The van der Waals surface area contributed by atoms with Crippen molar-refractivity contribution in [3.63, 3.8) is 0 Å². The lowest BCUT2D eigenvalue weighted by atomic mass is 10.0. The van der Waals surface area contributed by atoms with E-state index in [2.05, 4.69) is 15.4 Å².